The third kappa shape index (κ3) is 6.24. The first-order chi connectivity index (χ1) is 19.2. The number of carbonyl (C=O) groups excluding carboxylic acids is 1. The van der Waals surface area contributed by atoms with Crippen molar-refractivity contribution in [1.82, 2.24) is 14.9 Å². The zero-order valence-corrected chi connectivity index (χ0v) is 22.3. The zero-order valence-electron chi connectivity index (χ0n) is 22.3. The number of aromatic nitrogens is 2. The van der Waals surface area contributed by atoms with Crippen molar-refractivity contribution >= 4 is 28.4 Å². The molecule has 7 nitrogen and oxygen atoms in total. The Morgan fingerprint density at radius 3 is 2.62 bits per heavy atom. The molecule has 2 N–H and O–H groups in total. The van der Waals surface area contributed by atoms with Gasteiger partial charge >= 0.3 is 6.18 Å². The molecule has 0 spiro atoms. The number of amides is 1. The van der Waals surface area contributed by atoms with Crippen LogP contribution in [0.25, 0.3) is 22.0 Å². The molecule has 0 saturated carbocycles. The van der Waals surface area contributed by atoms with Crippen molar-refractivity contribution in [3.8, 4) is 11.1 Å². The van der Waals surface area contributed by atoms with Gasteiger partial charge in [-0.05, 0) is 72.5 Å². The minimum absolute atomic E-state index is 0.0276. The summed E-state index contributed by atoms with van der Waals surface area (Å²) in [6.07, 6.45) is -2.73. The van der Waals surface area contributed by atoms with Gasteiger partial charge in [-0.25, -0.2) is 9.97 Å². The molecule has 2 heterocycles. The number of aryl methyl sites for hydroxylation is 1. The van der Waals surface area contributed by atoms with Crippen molar-refractivity contribution in [1.29, 1.82) is 0 Å². The third-order valence-electron chi connectivity index (χ3n) is 7.09. The minimum atomic E-state index is -4.50. The second kappa shape index (κ2) is 11.6. The molecule has 0 atom stereocenters. The van der Waals surface area contributed by atoms with E-state index >= 15 is 0 Å². The summed E-state index contributed by atoms with van der Waals surface area (Å²) >= 11 is 0. The van der Waals surface area contributed by atoms with Crippen molar-refractivity contribution < 1.29 is 22.7 Å². The van der Waals surface area contributed by atoms with Gasteiger partial charge in [-0.3, -0.25) is 9.69 Å². The van der Waals surface area contributed by atoms with Crippen molar-refractivity contribution in [2.75, 3.05) is 50.0 Å². The van der Waals surface area contributed by atoms with Crippen LogP contribution in [-0.2, 0) is 10.9 Å². The Kier molecular flexibility index (Phi) is 7.99. The molecule has 4 aromatic rings. The number of ether oxygens (including phenoxy) is 1. The molecular formula is C30H30F3N5O2. The Bertz CT molecular complexity index is 1530. The second-order valence-electron chi connectivity index (χ2n) is 9.81. The predicted molar refractivity (Wildman–Crippen MR) is 150 cm³/mol. The number of rotatable bonds is 7. The van der Waals surface area contributed by atoms with Gasteiger partial charge < -0.3 is 15.4 Å². The van der Waals surface area contributed by atoms with Crippen molar-refractivity contribution in [2.24, 2.45) is 0 Å². The summed E-state index contributed by atoms with van der Waals surface area (Å²) in [5.74, 6) is 0.0776. The molecule has 1 aliphatic rings. The van der Waals surface area contributed by atoms with Crippen molar-refractivity contribution in [3.63, 3.8) is 0 Å². The molecule has 3 aromatic carbocycles. The predicted octanol–water partition coefficient (Wildman–Crippen LogP) is 5.93. The van der Waals surface area contributed by atoms with Gasteiger partial charge in [0.2, 0.25) is 5.95 Å². The third-order valence-corrected chi connectivity index (χ3v) is 7.09. The molecule has 0 bridgehead atoms. The average Bonchev–Trinajstić information content (AvgIpc) is 2.94. The monoisotopic (exact) mass is 549 g/mol. The van der Waals surface area contributed by atoms with Crippen LogP contribution in [0.3, 0.4) is 0 Å². The molecule has 1 fully saturated rings. The summed E-state index contributed by atoms with van der Waals surface area (Å²) < 4.78 is 45.3. The number of hydrogen-bond acceptors (Lipinski definition) is 6. The molecule has 1 amide bonds. The fourth-order valence-electron chi connectivity index (χ4n) is 4.78. The number of anilines is 2. The summed E-state index contributed by atoms with van der Waals surface area (Å²) in [6.45, 7) is 8.29. The van der Waals surface area contributed by atoms with E-state index in [2.05, 4.69) is 25.5 Å². The lowest BCUT2D eigenvalue weighted by Crippen LogP contribution is -2.39. The average molecular weight is 550 g/mol. The number of alkyl halides is 3. The first-order valence-electron chi connectivity index (χ1n) is 13.1. The Hall–Kier alpha value is -4.02. The molecule has 1 saturated heterocycles. The number of hydrogen-bond donors (Lipinski definition) is 2. The van der Waals surface area contributed by atoms with Crippen LogP contribution >= 0.6 is 0 Å². The fourth-order valence-corrected chi connectivity index (χ4v) is 4.78. The SMILES string of the molecule is Cc1ccc(C(=O)Nc2cccc(C(F)(F)F)c2C)cc1-c1ccc2nc(NCCN3CCOCC3)ncc2c1. The van der Waals surface area contributed by atoms with E-state index in [1.165, 1.54) is 19.1 Å². The number of benzene rings is 3. The van der Waals surface area contributed by atoms with E-state index in [9.17, 15) is 18.0 Å². The van der Waals surface area contributed by atoms with Crippen LogP contribution in [0.1, 0.15) is 27.0 Å². The van der Waals surface area contributed by atoms with Gasteiger partial charge in [0.25, 0.3) is 5.91 Å². The number of morpholine rings is 1. The van der Waals surface area contributed by atoms with E-state index in [0.29, 0.717) is 11.5 Å². The minimum Gasteiger partial charge on any atom is -0.379 e. The van der Waals surface area contributed by atoms with Crippen molar-refractivity contribution in [3.05, 3.63) is 83.0 Å². The van der Waals surface area contributed by atoms with Gasteiger partial charge in [-0.2, -0.15) is 13.2 Å². The van der Waals surface area contributed by atoms with E-state index in [1.807, 2.05) is 31.2 Å². The highest BCUT2D eigenvalue weighted by Gasteiger charge is 2.33. The summed E-state index contributed by atoms with van der Waals surface area (Å²) in [7, 11) is 0. The number of nitrogens with one attached hydrogen (secondary N) is 2. The van der Waals surface area contributed by atoms with E-state index in [-0.39, 0.29) is 11.3 Å². The normalized spacial score (nSPS) is 14.3. The van der Waals surface area contributed by atoms with Crippen LogP contribution < -0.4 is 10.6 Å². The standard InChI is InChI=1S/C30H30F3N5O2/c1-19-6-7-22(28(39)36-26-5-3-4-25(20(26)2)30(31,32)33)17-24(19)21-8-9-27-23(16-21)18-35-29(37-27)34-10-11-38-12-14-40-15-13-38/h3-9,16-18H,10-15H2,1-2H3,(H,36,39)(H,34,35,37). The maximum atomic E-state index is 13.3. The molecule has 0 aliphatic carbocycles. The summed E-state index contributed by atoms with van der Waals surface area (Å²) in [4.78, 5) is 24.5. The topological polar surface area (TPSA) is 79.4 Å². The van der Waals surface area contributed by atoms with Crippen LogP contribution in [0, 0.1) is 13.8 Å². The maximum Gasteiger partial charge on any atom is 0.416 e. The Labute approximate surface area is 230 Å². The summed E-state index contributed by atoms with van der Waals surface area (Å²) in [5, 5.41) is 6.77. The van der Waals surface area contributed by atoms with E-state index in [4.69, 9.17) is 4.74 Å². The molecule has 5 rings (SSSR count). The second-order valence-corrected chi connectivity index (χ2v) is 9.81. The first-order valence-corrected chi connectivity index (χ1v) is 13.1. The highest BCUT2D eigenvalue weighted by Crippen LogP contribution is 2.35. The molecule has 208 valence electrons. The molecule has 0 radical (unpaired) electrons. The molecule has 1 aliphatic heterocycles. The van der Waals surface area contributed by atoms with E-state index < -0.39 is 17.6 Å². The van der Waals surface area contributed by atoms with Crippen molar-refractivity contribution in [2.45, 2.75) is 20.0 Å². The molecule has 1 aromatic heterocycles. The summed E-state index contributed by atoms with van der Waals surface area (Å²) in [5.41, 5.74) is 3.12. The fraction of sp³-hybridized carbons (Fsp3) is 0.300. The zero-order chi connectivity index (χ0) is 28.3. The number of halogens is 3. The van der Waals surface area contributed by atoms with Gasteiger partial charge in [0.05, 0.1) is 24.3 Å². The number of nitrogens with zero attached hydrogens (tertiary/aromatic N) is 3. The van der Waals surface area contributed by atoms with Crippen LogP contribution in [0.5, 0.6) is 0 Å². The molecular weight excluding hydrogens is 519 g/mol. The quantitative estimate of drug-likeness (QED) is 0.298. The molecule has 40 heavy (non-hydrogen) atoms. The highest BCUT2D eigenvalue weighted by molar-refractivity contribution is 6.05. The van der Waals surface area contributed by atoms with Gasteiger partial charge in [0, 0.05) is 49.0 Å². The Morgan fingerprint density at radius 2 is 1.85 bits per heavy atom. The van der Waals surface area contributed by atoms with Crippen LogP contribution in [-0.4, -0.2) is 60.2 Å². The molecule has 10 heteroatoms. The number of fused-ring (bicyclic) bond motifs is 1. The van der Waals surface area contributed by atoms with Gasteiger partial charge in [0.15, 0.2) is 0 Å². The Morgan fingerprint density at radius 1 is 1.05 bits per heavy atom. The lowest BCUT2D eigenvalue weighted by molar-refractivity contribution is -0.138. The van der Waals surface area contributed by atoms with Crippen LogP contribution in [0.4, 0.5) is 24.8 Å². The van der Waals surface area contributed by atoms with Gasteiger partial charge in [-0.15, -0.1) is 0 Å². The van der Waals surface area contributed by atoms with Gasteiger partial charge in [-0.1, -0.05) is 18.2 Å². The first kappa shape index (κ1) is 27.5. The molecule has 0 unspecified atom stereocenters. The summed E-state index contributed by atoms with van der Waals surface area (Å²) in [6, 6.07) is 14.8. The van der Waals surface area contributed by atoms with Gasteiger partial charge in [0.1, 0.15) is 0 Å². The van der Waals surface area contributed by atoms with E-state index in [1.54, 1.807) is 18.3 Å². The largest absolute Gasteiger partial charge is 0.416 e. The maximum absolute atomic E-state index is 13.3. The van der Waals surface area contributed by atoms with Crippen LogP contribution in [0.15, 0.2) is 60.8 Å². The Balaban J connectivity index is 1.32. The smallest absolute Gasteiger partial charge is 0.379 e. The van der Waals surface area contributed by atoms with Crippen LogP contribution in [0.2, 0.25) is 0 Å². The lowest BCUT2D eigenvalue weighted by atomic mass is 9.96. The highest BCUT2D eigenvalue weighted by atomic mass is 19.4. The lowest BCUT2D eigenvalue weighted by Gasteiger charge is -2.26. The van der Waals surface area contributed by atoms with E-state index in [0.717, 1.165) is 73.1 Å². The number of carbonyl (C=O) groups is 1.